The predicted molar refractivity (Wildman–Crippen MR) is 137 cm³/mol. The number of carbonyl (C=O) groups is 2. The topological polar surface area (TPSA) is 74.1 Å². The molecule has 0 fully saturated rings. The lowest BCUT2D eigenvalue weighted by Gasteiger charge is -2.23. The van der Waals surface area contributed by atoms with Gasteiger partial charge in [-0.2, -0.15) is 10.1 Å². The molecule has 0 aromatic heterocycles. The number of hydrazone groups is 1. The Morgan fingerprint density at radius 2 is 1.77 bits per heavy atom. The lowest BCUT2D eigenvalue weighted by atomic mass is 9.98. The molecule has 0 aliphatic carbocycles. The summed E-state index contributed by atoms with van der Waals surface area (Å²) < 4.78 is 13.1. The van der Waals surface area contributed by atoms with Gasteiger partial charge < -0.3 is 5.32 Å². The van der Waals surface area contributed by atoms with E-state index in [1.807, 2.05) is 42.3 Å². The standard InChI is InChI=1S/C27H23FN4O2S/c1-17-7-9-19(10-8-17)23-15-22(18-5-3-2-4-6-18)31-32(23)27-30-26(34)24(35-27)16-25(33)29-21-13-11-20(28)12-14-21/h2-14,23-24H,15-16H2,1H3,(H,29,33)/t23-,24+/m0/s1. The molecule has 3 aromatic rings. The number of hydrogen-bond acceptors (Lipinski definition) is 5. The van der Waals surface area contributed by atoms with Crippen molar-refractivity contribution in [2.75, 3.05) is 5.32 Å². The van der Waals surface area contributed by atoms with Gasteiger partial charge in [0.05, 0.1) is 11.8 Å². The molecule has 2 aliphatic rings. The number of aryl methyl sites for hydroxylation is 1. The van der Waals surface area contributed by atoms with E-state index in [0.717, 1.165) is 22.4 Å². The van der Waals surface area contributed by atoms with Crippen LogP contribution in [0.4, 0.5) is 10.1 Å². The summed E-state index contributed by atoms with van der Waals surface area (Å²) in [5.74, 6) is -1.07. The van der Waals surface area contributed by atoms with Crippen LogP contribution in [0.1, 0.15) is 35.6 Å². The molecule has 35 heavy (non-hydrogen) atoms. The third-order valence-corrected chi connectivity index (χ3v) is 7.05. The SMILES string of the molecule is Cc1ccc([C@@H]2CC(c3ccccc3)=NN2C2=NC(=O)[C@@H](CC(=O)Nc3ccc(F)cc3)S2)cc1. The molecule has 2 amide bonds. The number of hydrogen-bond donors (Lipinski definition) is 1. The minimum absolute atomic E-state index is 0.0355. The number of nitrogens with zero attached hydrogens (tertiary/aromatic N) is 3. The van der Waals surface area contributed by atoms with Crippen molar-refractivity contribution in [2.24, 2.45) is 10.1 Å². The maximum Gasteiger partial charge on any atom is 0.262 e. The fourth-order valence-corrected chi connectivity index (χ4v) is 5.12. The quantitative estimate of drug-likeness (QED) is 0.530. The van der Waals surface area contributed by atoms with Crippen LogP contribution >= 0.6 is 11.8 Å². The molecule has 0 unspecified atom stereocenters. The van der Waals surface area contributed by atoms with E-state index >= 15 is 0 Å². The number of amides is 2. The Labute approximate surface area is 207 Å². The minimum atomic E-state index is -0.639. The maximum absolute atomic E-state index is 13.1. The van der Waals surface area contributed by atoms with Crippen molar-refractivity contribution in [2.45, 2.75) is 31.1 Å². The Balaban J connectivity index is 1.34. The van der Waals surface area contributed by atoms with Crippen LogP contribution in [0.2, 0.25) is 0 Å². The van der Waals surface area contributed by atoms with Crippen molar-refractivity contribution < 1.29 is 14.0 Å². The molecule has 176 valence electrons. The molecule has 5 rings (SSSR count). The lowest BCUT2D eigenvalue weighted by molar-refractivity contribution is -0.121. The average Bonchev–Trinajstić information content (AvgIpc) is 3.46. The largest absolute Gasteiger partial charge is 0.326 e. The second-order valence-corrected chi connectivity index (χ2v) is 9.66. The Bertz CT molecular complexity index is 1310. The van der Waals surface area contributed by atoms with Crippen molar-refractivity contribution in [1.29, 1.82) is 0 Å². The summed E-state index contributed by atoms with van der Waals surface area (Å²) in [5, 5.41) is 9.23. The number of halogens is 1. The van der Waals surface area contributed by atoms with Gasteiger partial charge in [-0.15, -0.1) is 0 Å². The average molecular weight is 487 g/mol. The first kappa shape index (κ1) is 23.0. The predicted octanol–water partition coefficient (Wildman–Crippen LogP) is 5.31. The smallest absolute Gasteiger partial charge is 0.262 e. The molecule has 1 N–H and O–H groups in total. The third kappa shape index (κ3) is 5.17. The van der Waals surface area contributed by atoms with Crippen molar-refractivity contribution >= 4 is 40.1 Å². The summed E-state index contributed by atoms with van der Waals surface area (Å²) in [5.41, 5.74) is 4.67. The summed E-state index contributed by atoms with van der Waals surface area (Å²) >= 11 is 1.25. The third-order valence-electron chi connectivity index (χ3n) is 5.90. The zero-order valence-electron chi connectivity index (χ0n) is 19.0. The van der Waals surface area contributed by atoms with Gasteiger partial charge in [-0.3, -0.25) is 9.59 Å². The van der Waals surface area contributed by atoms with Crippen LogP contribution in [0.3, 0.4) is 0 Å². The molecule has 0 saturated heterocycles. The van der Waals surface area contributed by atoms with E-state index in [9.17, 15) is 14.0 Å². The minimum Gasteiger partial charge on any atom is -0.326 e. The molecule has 2 atom stereocenters. The number of aliphatic imine (C=N–C) groups is 1. The van der Waals surface area contributed by atoms with Crippen molar-refractivity contribution in [1.82, 2.24) is 5.01 Å². The van der Waals surface area contributed by atoms with Gasteiger partial charge in [-0.1, -0.05) is 71.9 Å². The van der Waals surface area contributed by atoms with Crippen LogP contribution in [0.15, 0.2) is 89.0 Å². The first-order chi connectivity index (χ1) is 17.0. The summed E-state index contributed by atoms with van der Waals surface area (Å²) in [4.78, 5) is 29.5. The van der Waals surface area contributed by atoms with Crippen molar-refractivity contribution in [3.63, 3.8) is 0 Å². The normalized spacial score (nSPS) is 19.5. The molecule has 0 saturated carbocycles. The Morgan fingerprint density at radius 3 is 2.49 bits per heavy atom. The maximum atomic E-state index is 13.1. The second kappa shape index (κ2) is 9.84. The van der Waals surface area contributed by atoms with E-state index in [1.54, 1.807) is 0 Å². The molecule has 2 heterocycles. The van der Waals surface area contributed by atoms with E-state index < -0.39 is 5.25 Å². The number of benzene rings is 3. The van der Waals surface area contributed by atoms with E-state index in [1.165, 1.54) is 36.0 Å². The number of thioether (sulfide) groups is 1. The molecule has 3 aromatic carbocycles. The molecule has 0 spiro atoms. The van der Waals surface area contributed by atoms with Crippen LogP contribution in [-0.2, 0) is 9.59 Å². The van der Waals surface area contributed by atoms with Gasteiger partial charge in [-0.25, -0.2) is 9.40 Å². The van der Waals surface area contributed by atoms with Gasteiger partial charge in [0.1, 0.15) is 11.1 Å². The van der Waals surface area contributed by atoms with Crippen LogP contribution in [0.5, 0.6) is 0 Å². The lowest BCUT2D eigenvalue weighted by Crippen LogP contribution is -2.25. The van der Waals surface area contributed by atoms with Crippen LogP contribution in [-0.4, -0.2) is 33.0 Å². The summed E-state index contributed by atoms with van der Waals surface area (Å²) in [6.07, 6.45) is 0.642. The number of amidine groups is 1. The summed E-state index contributed by atoms with van der Waals surface area (Å²) in [6.45, 7) is 2.04. The highest BCUT2D eigenvalue weighted by Gasteiger charge is 2.39. The van der Waals surface area contributed by atoms with Gasteiger partial charge >= 0.3 is 0 Å². The van der Waals surface area contributed by atoms with Gasteiger partial charge in [0.2, 0.25) is 5.91 Å². The molecule has 0 bridgehead atoms. The number of nitrogens with one attached hydrogen (secondary N) is 1. The van der Waals surface area contributed by atoms with E-state index in [2.05, 4.69) is 34.6 Å². The highest BCUT2D eigenvalue weighted by Crippen LogP contribution is 2.38. The summed E-state index contributed by atoms with van der Waals surface area (Å²) in [6, 6.07) is 23.6. The Hall–Kier alpha value is -3.78. The van der Waals surface area contributed by atoms with Crippen molar-refractivity contribution in [3.8, 4) is 0 Å². The highest BCUT2D eigenvalue weighted by atomic mass is 32.2. The first-order valence-electron chi connectivity index (χ1n) is 11.3. The van der Waals surface area contributed by atoms with Gasteiger partial charge in [0.25, 0.3) is 5.91 Å². The highest BCUT2D eigenvalue weighted by molar-refractivity contribution is 8.15. The molecule has 0 radical (unpaired) electrons. The van der Waals surface area contributed by atoms with Crippen molar-refractivity contribution in [3.05, 3.63) is 101 Å². The van der Waals surface area contributed by atoms with E-state index in [0.29, 0.717) is 17.3 Å². The number of carbonyl (C=O) groups excluding carboxylic acids is 2. The number of anilines is 1. The molecule has 8 heteroatoms. The van der Waals surface area contributed by atoms with Crippen LogP contribution in [0, 0.1) is 12.7 Å². The zero-order chi connectivity index (χ0) is 24.4. The Morgan fingerprint density at radius 1 is 1.06 bits per heavy atom. The number of rotatable bonds is 5. The van der Waals surface area contributed by atoms with Gasteiger partial charge in [0.15, 0.2) is 5.17 Å². The van der Waals surface area contributed by atoms with Gasteiger partial charge in [-0.05, 0) is 42.3 Å². The second-order valence-electron chi connectivity index (χ2n) is 8.49. The van der Waals surface area contributed by atoms with Crippen LogP contribution < -0.4 is 5.32 Å². The summed E-state index contributed by atoms with van der Waals surface area (Å²) in [7, 11) is 0. The molecular formula is C27H23FN4O2S. The first-order valence-corrected chi connectivity index (χ1v) is 12.2. The van der Waals surface area contributed by atoms with Gasteiger partial charge in [0, 0.05) is 18.5 Å². The monoisotopic (exact) mass is 486 g/mol. The molecule has 2 aliphatic heterocycles. The molecule has 6 nitrogen and oxygen atoms in total. The van der Waals surface area contributed by atoms with E-state index in [-0.39, 0.29) is 30.1 Å². The fourth-order valence-electron chi connectivity index (χ4n) is 4.06. The zero-order valence-corrected chi connectivity index (χ0v) is 19.8. The Kier molecular flexibility index (Phi) is 6.46. The van der Waals surface area contributed by atoms with E-state index in [4.69, 9.17) is 5.10 Å². The van der Waals surface area contributed by atoms with Crippen LogP contribution in [0.25, 0.3) is 0 Å². The fraction of sp³-hybridized carbons (Fsp3) is 0.185. The molecular weight excluding hydrogens is 463 g/mol.